The maximum atomic E-state index is 11.9. The standard InChI is InChI=1S/4C14H11O2.2Zn/c4*15-13(11-7-3-1-4-8-11)14(16)12-9-5-2-6-10-12;;/h4*1-10,13H;;/q4*-1;2*+2. The van der Waals surface area contributed by atoms with E-state index in [0.717, 1.165) is 0 Å². The van der Waals surface area contributed by atoms with Crippen molar-refractivity contribution in [2.45, 2.75) is 24.4 Å². The van der Waals surface area contributed by atoms with Crippen molar-refractivity contribution in [3.8, 4) is 0 Å². The van der Waals surface area contributed by atoms with Crippen LogP contribution in [0.3, 0.4) is 0 Å². The zero-order valence-electron chi connectivity index (χ0n) is 36.1. The number of hydrogen-bond donors (Lipinski definition) is 0. The summed E-state index contributed by atoms with van der Waals surface area (Å²) in [5, 5.41) is 47.5. The summed E-state index contributed by atoms with van der Waals surface area (Å²) in [6, 6.07) is 69.4. The molecule has 0 radical (unpaired) electrons. The molecular weight excluding hydrogens is 931 g/mol. The van der Waals surface area contributed by atoms with Gasteiger partial charge in [-0.15, -0.1) is 0 Å². The predicted molar refractivity (Wildman–Crippen MR) is 240 cm³/mol. The number of ketones is 4. The Kier molecular flexibility index (Phi) is 23.8. The van der Waals surface area contributed by atoms with Gasteiger partial charge in [-0.2, -0.15) is 0 Å². The van der Waals surface area contributed by atoms with E-state index >= 15 is 0 Å². The molecule has 0 saturated heterocycles. The Morgan fingerprint density at radius 2 is 0.348 bits per heavy atom. The van der Waals surface area contributed by atoms with Crippen molar-refractivity contribution in [1.82, 2.24) is 0 Å². The number of rotatable bonds is 12. The SMILES string of the molecule is O=C(c1ccccc1)C([O-])c1ccccc1.O=C(c1ccccc1)C([O-])c1ccccc1.O=C(c1ccccc1)C([O-])c1ccccc1.O=C(c1ccccc1)C([O-])c1ccccc1.[Zn+2].[Zn+2]. The summed E-state index contributed by atoms with van der Waals surface area (Å²) < 4.78 is 0. The van der Waals surface area contributed by atoms with Crippen molar-refractivity contribution < 1.29 is 78.6 Å². The van der Waals surface area contributed by atoms with Gasteiger partial charge in [0.2, 0.25) is 0 Å². The minimum absolute atomic E-state index is 0. The largest absolute Gasteiger partial charge is 2.00 e. The molecule has 4 atom stereocenters. The fraction of sp³-hybridized carbons (Fsp3) is 0.0714. The number of Topliss-reactive ketones (excluding diaryl/α,β-unsaturated/α-hetero) is 4. The third kappa shape index (κ3) is 16.5. The zero-order chi connectivity index (χ0) is 45.5. The van der Waals surface area contributed by atoms with Gasteiger partial charge in [0.05, 0.1) is 0 Å². The van der Waals surface area contributed by atoms with Gasteiger partial charge in [0.1, 0.15) is 0 Å². The van der Waals surface area contributed by atoms with Crippen molar-refractivity contribution in [3.05, 3.63) is 287 Å². The number of hydrogen-bond acceptors (Lipinski definition) is 8. The Morgan fingerprint density at radius 3 is 0.485 bits per heavy atom. The Balaban J connectivity index is 0.000000231. The number of carbonyl (C=O) groups is 4. The van der Waals surface area contributed by atoms with E-state index in [0.29, 0.717) is 44.5 Å². The van der Waals surface area contributed by atoms with E-state index in [2.05, 4.69) is 0 Å². The van der Waals surface area contributed by atoms with Crippen molar-refractivity contribution in [2.24, 2.45) is 0 Å². The molecular formula is C56H44O8Zn2. The fourth-order valence-corrected chi connectivity index (χ4v) is 6.13. The summed E-state index contributed by atoms with van der Waals surface area (Å²) >= 11 is 0. The molecule has 8 aromatic carbocycles. The molecule has 0 aliphatic heterocycles. The minimum atomic E-state index is -1.33. The van der Waals surface area contributed by atoms with Gasteiger partial charge in [0.25, 0.3) is 0 Å². The van der Waals surface area contributed by atoms with Crippen molar-refractivity contribution in [1.29, 1.82) is 0 Å². The van der Waals surface area contributed by atoms with Gasteiger partial charge < -0.3 is 20.4 Å². The molecule has 320 valence electrons. The zero-order valence-corrected chi connectivity index (χ0v) is 42.0. The molecule has 8 rings (SSSR count). The van der Waals surface area contributed by atoms with Crippen LogP contribution in [0.2, 0.25) is 0 Å². The van der Waals surface area contributed by atoms with Crippen LogP contribution in [0, 0.1) is 0 Å². The number of benzene rings is 8. The second-order valence-corrected chi connectivity index (χ2v) is 14.1. The monoisotopic (exact) mass is 972 g/mol. The van der Waals surface area contributed by atoms with E-state index in [9.17, 15) is 39.6 Å². The quantitative estimate of drug-likeness (QED) is 0.0883. The molecule has 0 saturated carbocycles. The van der Waals surface area contributed by atoms with Gasteiger partial charge in [-0.3, -0.25) is 19.2 Å². The fourth-order valence-electron chi connectivity index (χ4n) is 6.13. The maximum Gasteiger partial charge on any atom is 2.00 e. The summed E-state index contributed by atoms with van der Waals surface area (Å²) in [7, 11) is 0. The molecule has 4 unspecified atom stereocenters. The molecule has 10 heteroatoms. The van der Waals surface area contributed by atoms with Gasteiger partial charge in [-0.1, -0.05) is 265 Å². The summed E-state index contributed by atoms with van der Waals surface area (Å²) in [4.78, 5) is 47.3. The van der Waals surface area contributed by atoms with Crippen LogP contribution in [0.5, 0.6) is 0 Å². The molecule has 0 spiro atoms. The molecule has 0 aliphatic rings. The molecule has 0 N–H and O–H groups in total. The van der Waals surface area contributed by atoms with Gasteiger partial charge >= 0.3 is 39.0 Å². The average molecular weight is 976 g/mol. The van der Waals surface area contributed by atoms with E-state index in [4.69, 9.17) is 0 Å². The van der Waals surface area contributed by atoms with Crippen molar-refractivity contribution in [3.63, 3.8) is 0 Å². The van der Waals surface area contributed by atoms with Gasteiger partial charge in [-0.25, -0.2) is 0 Å². The van der Waals surface area contributed by atoms with Crippen LogP contribution >= 0.6 is 0 Å². The Bertz CT molecular complexity index is 2240. The first-order valence-corrected chi connectivity index (χ1v) is 20.4. The molecule has 0 fully saturated rings. The first-order chi connectivity index (χ1) is 31.2. The van der Waals surface area contributed by atoms with Crippen molar-refractivity contribution in [2.75, 3.05) is 0 Å². The van der Waals surface area contributed by atoms with E-state index in [1.165, 1.54) is 0 Å². The van der Waals surface area contributed by atoms with Crippen LogP contribution in [0.15, 0.2) is 243 Å². The molecule has 8 aromatic rings. The first-order valence-electron chi connectivity index (χ1n) is 20.4. The van der Waals surface area contributed by atoms with Crippen LogP contribution in [0.1, 0.15) is 88.1 Å². The normalized spacial score (nSPS) is 11.7. The van der Waals surface area contributed by atoms with Crippen LogP contribution in [0.4, 0.5) is 0 Å². The minimum Gasteiger partial charge on any atom is -0.843 e. The first kappa shape index (κ1) is 53.9. The average Bonchev–Trinajstić information content (AvgIpc) is 3.39. The summed E-state index contributed by atoms with van der Waals surface area (Å²) in [5.74, 6) is -1.53. The van der Waals surface area contributed by atoms with E-state index in [-0.39, 0.29) is 62.1 Å². The van der Waals surface area contributed by atoms with E-state index < -0.39 is 24.4 Å². The Morgan fingerprint density at radius 1 is 0.227 bits per heavy atom. The second-order valence-electron chi connectivity index (χ2n) is 14.1. The van der Waals surface area contributed by atoms with Crippen LogP contribution < -0.4 is 20.4 Å². The van der Waals surface area contributed by atoms with Crippen LogP contribution in [-0.2, 0) is 39.0 Å². The van der Waals surface area contributed by atoms with Gasteiger partial charge in [-0.05, 0) is 24.4 Å². The molecule has 0 aromatic heterocycles. The van der Waals surface area contributed by atoms with Crippen LogP contribution in [0.25, 0.3) is 0 Å². The summed E-state index contributed by atoms with van der Waals surface area (Å²) in [5.41, 5.74) is 3.90. The second kappa shape index (κ2) is 29.1. The van der Waals surface area contributed by atoms with Gasteiger partial charge in [0.15, 0.2) is 23.1 Å². The summed E-state index contributed by atoms with van der Waals surface area (Å²) in [6.07, 6.45) is -5.32. The summed E-state index contributed by atoms with van der Waals surface area (Å²) in [6.45, 7) is 0. The third-order valence-corrected chi connectivity index (χ3v) is 9.60. The van der Waals surface area contributed by atoms with Gasteiger partial charge in [0, 0.05) is 22.3 Å². The predicted octanol–water partition coefficient (Wildman–Crippen LogP) is 7.88. The van der Waals surface area contributed by atoms with Crippen molar-refractivity contribution >= 4 is 23.1 Å². The van der Waals surface area contributed by atoms with E-state index in [1.54, 1.807) is 194 Å². The molecule has 0 bridgehead atoms. The Labute approximate surface area is 410 Å². The number of carbonyl (C=O) groups excluding carboxylic acids is 4. The molecule has 0 heterocycles. The smallest absolute Gasteiger partial charge is 0.843 e. The third-order valence-electron chi connectivity index (χ3n) is 9.60. The van der Waals surface area contributed by atoms with Crippen LogP contribution in [-0.4, -0.2) is 23.1 Å². The topological polar surface area (TPSA) is 161 Å². The molecule has 0 aliphatic carbocycles. The molecule has 8 nitrogen and oxygen atoms in total. The van der Waals surface area contributed by atoms with E-state index in [1.807, 2.05) is 48.5 Å². The molecule has 0 amide bonds. The Hall–Kier alpha value is -6.47. The maximum absolute atomic E-state index is 11.9. The molecule has 66 heavy (non-hydrogen) atoms.